The van der Waals surface area contributed by atoms with Gasteiger partial charge < -0.3 is 0 Å². The highest BCUT2D eigenvalue weighted by Gasteiger charge is 2.09. The molecule has 1 aliphatic heterocycles. The Labute approximate surface area is 124 Å². The zero-order chi connectivity index (χ0) is 14.1. The summed E-state index contributed by atoms with van der Waals surface area (Å²) in [7, 11) is 0. The predicted octanol–water partition coefficient (Wildman–Crippen LogP) is 1.72. The molecule has 0 unspecified atom stereocenters. The summed E-state index contributed by atoms with van der Waals surface area (Å²) < 4.78 is 0.981. The van der Waals surface area contributed by atoms with Crippen molar-refractivity contribution in [3.63, 3.8) is 0 Å². The standard InChI is InChI=1S/C16H10BrN2O/c17-12-3-4-13-10(2-1-5-18)6-11-7-16(20)19-9-15(11)14(13)8-12/h3-4,6-9H,1-2H2. The van der Waals surface area contributed by atoms with E-state index in [-0.39, 0.29) is 5.91 Å². The molecule has 1 heterocycles. The Hall–Kier alpha value is -2.12. The van der Waals surface area contributed by atoms with E-state index in [1.54, 1.807) is 12.3 Å². The zero-order valence-electron chi connectivity index (χ0n) is 10.6. The summed E-state index contributed by atoms with van der Waals surface area (Å²) in [5, 5.41) is 16.6. The van der Waals surface area contributed by atoms with Gasteiger partial charge in [0, 0.05) is 28.4 Å². The third-order valence-electron chi connectivity index (χ3n) is 3.36. The van der Waals surface area contributed by atoms with Gasteiger partial charge in [-0.2, -0.15) is 5.26 Å². The van der Waals surface area contributed by atoms with Crippen molar-refractivity contribution in [1.82, 2.24) is 5.32 Å². The van der Waals surface area contributed by atoms with Gasteiger partial charge in [0.2, 0.25) is 0 Å². The lowest BCUT2D eigenvalue weighted by Crippen LogP contribution is -2.34. The predicted molar refractivity (Wildman–Crippen MR) is 80.9 cm³/mol. The Balaban J connectivity index is 2.40. The summed E-state index contributed by atoms with van der Waals surface area (Å²) in [4.78, 5) is 11.4. The van der Waals surface area contributed by atoms with Crippen LogP contribution in [0.2, 0.25) is 0 Å². The van der Waals surface area contributed by atoms with Crippen molar-refractivity contribution in [2.45, 2.75) is 12.8 Å². The first-order valence-electron chi connectivity index (χ1n) is 6.24. The van der Waals surface area contributed by atoms with E-state index in [1.807, 2.05) is 24.3 Å². The highest BCUT2D eigenvalue weighted by molar-refractivity contribution is 9.10. The number of amides is 1. The normalized spacial score (nSPS) is 12.9. The lowest BCUT2D eigenvalue weighted by atomic mass is 9.97. The fraction of sp³-hybridized carbons (Fsp3) is 0.125. The molecule has 0 fully saturated rings. The molecule has 20 heavy (non-hydrogen) atoms. The van der Waals surface area contributed by atoms with E-state index >= 15 is 0 Å². The summed E-state index contributed by atoms with van der Waals surface area (Å²) in [5.74, 6) is -0.238. The maximum absolute atomic E-state index is 11.4. The molecule has 97 valence electrons. The van der Waals surface area contributed by atoms with Crippen LogP contribution < -0.4 is 15.8 Å². The van der Waals surface area contributed by atoms with Gasteiger partial charge >= 0.3 is 0 Å². The summed E-state index contributed by atoms with van der Waals surface area (Å²) in [5.41, 5.74) is 1.09. The number of nitrogens with zero attached hydrogens (tertiary/aromatic N) is 2. The average Bonchev–Trinajstić information content (AvgIpc) is 2.44. The number of benzene rings is 2. The van der Waals surface area contributed by atoms with Crippen molar-refractivity contribution in [1.29, 1.82) is 5.26 Å². The monoisotopic (exact) mass is 325 g/mol. The topological polar surface area (TPSA) is 55.0 Å². The largest absolute Gasteiger partial charge is 0.270 e. The van der Waals surface area contributed by atoms with Crippen molar-refractivity contribution in [2.75, 3.05) is 0 Å². The van der Waals surface area contributed by atoms with Crippen LogP contribution >= 0.6 is 15.9 Å². The van der Waals surface area contributed by atoms with Crippen LogP contribution in [0.1, 0.15) is 12.0 Å². The first kappa shape index (κ1) is 12.9. The van der Waals surface area contributed by atoms with E-state index in [9.17, 15) is 4.79 Å². The molecular formula is C16H10BrN2O. The second kappa shape index (κ2) is 5.10. The molecule has 3 rings (SSSR count). The third kappa shape index (κ3) is 2.21. The Morgan fingerprint density at radius 1 is 1.25 bits per heavy atom. The number of carbonyl (C=O) groups is 1. The van der Waals surface area contributed by atoms with Crippen LogP contribution in [0.3, 0.4) is 0 Å². The van der Waals surface area contributed by atoms with Crippen LogP contribution in [0.5, 0.6) is 0 Å². The van der Waals surface area contributed by atoms with Gasteiger partial charge in [-0.05, 0) is 40.1 Å². The number of hydrogen-bond donors (Lipinski definition) is 0. The quantitative estimate of drug-likeness (QED) is 0.844. The number of hydrogen-bond acceptors (Lipinski definition) is 2. The number of nitriles is 1. The molecular weight excluding hydrogens is 316 g/mol. The van der Waals surface area contributed by atoms with Gasteiger partial charge in [0.15, 0.2) is 0 Å². The number of aryl methyl sites for hydroxylation is 1. The lowest BCUT2D eigenvalue weighted by Gasteiger charge is -2.10. The minimum Gasteiger partial charge on any atom is -0.267 e. The first-order valence-corrected chi connectivity index (χ1v) is 7.03. The maximum Gasteiger partial charge on any atom is 0.270 e. The summed E-state index contributed by atoms with van der Waals surface area (Å²) >= 11 is 3.48. The van der Waals surface area contributed by atoms with Crippen molar-refractivity contribution in [3.8, 4) is 6.07 Å². The second-order valence-electron chi connectivity index (χ2n) is 4.63. The van der Waals surface area contributed by atoms with Gasteiger partial charge in [0.25, 0.3) is 5.91 Å². The highest BCUT2D eigenvalue weighted by atomic mass is 79.9. The van der Waals surface area contributed by atoms with E-state index in [2.05, 4.69) is 27.3 Å². The zero-order valence-corrected chi connectivity index (χ0v) is 12.1. The van der Waals surface area contributed by atoms with Gasteiger partial charge in [0.05, 0.1) is 6.07 Å². The van der Waals surface area contributed by atoms with Crippen LogP contribution in [0.4, 0.5) is 0 Å². The molecule has 0 aliphatic carbocycles. The first-order chi connectivity index (χ1) is 9.69. The van der Waals surface area contributed by atoms with E-state index in [0.717, 1.165) is 31.2 Å². The van der Waals surface area contributed by atoms with Crippen molar-refractivity contribution in [3.05, 3.63) is 44.7 Å². The molecule has 0 aromatic heterocycles. The van der Waals surface area contributed by atoms with Crippen LogP contribution in [0.25, 0.3) is 23.0 Å². The number of carbonyl (C=O) groups excluding carboxylic acids is 1. The Morgan fingerprint density at radius 2 is 2.10 bits per heavy atom. The van der Waals surface area contributed by atoms with E-state index in [1.165, 1.54) is 0 Å². The Kier molecular flexibility index (Phi) is 3.29. The summed E-state index contributed by atoms with van der Waals surface area (Å²) in [6.07, 6.45) is 4.32. The minimum absolute atomic E-state index is 0.238. The summed E-state index contributed by atoms with van der Waals surface area (Å²) in [6, 6.07) is 10.2. The second-order valence-corrected chi connectivity index (χ2v) is 5.54. The molecule has 2 aromatic carbocycles. The Bertz CT molecular complexity index is 878. The molecule has 0 saturated heterocycles. The van der Waals surface area contributed by atoms with Gasteiger partial charge in [-0.3, -0.25) is 4.79 Å². The van der Waals surface area contributed by atoms with Gasteiger partial charge in [-0.1, -0.05) is 28.1 Å². The molecule has 3 nitrogen and oxygen atoms in total. The van der Waals surface area contributed by atoms with Crippen LogP contribution in [-0.2, 0) is 11.2 Å². The molecule has 0 N–H and O–H groups in total. The molecule has 0 atom stereocenters. The van der Waals surface area contributed by atoms with Crippen molar-refractivity contribution in [2.24, 2.45) is 0 Å². The van der Waals surface area contributed by atoms with Crippen LogP contribution in [0, 0.1) is 11.3 Å². The number of rotatable bonds is 2. The fourth-order valence-corrected chi connectivity index (χ4v) is 2.84. The summed E-state index contributed by atoms with van der Waals surface area (Å²) in [6.45, 7) is 0. The SMILES string of the molecule is N#CCCc1cc2c(c3cc(Br)ccc13)=C[N]C(=O)C=2. The average molecular weight is 326 g/mol. The van der Waals surface area contributed by atoms with Crippen molar-refractivity contribution < 1.29 is 4.79 Å². The Morgan fingerprint density at radius 3 is 2.90 bits per heavy atom. The molecule has 4 heteroatoms. The molecule has 0 bridgehead atoms. The molecule has 1 radical (unpaired) electrons. The van der Waals surface area contributed by atoms with Gasteiger partial charge in [0.1, 0.15) is 0 Å². The maximum atomic E-state index is 11.4. The van der Waals surface area contributed by atoms with Crippen LogP contribution in [0.15, 0.2) is 28.7 Å². The van der Waals surface area contributed by atoms with Gasteiger partial charge in [-0.15, -0.1) is 0 Å². The van der Waals surface area contributed by atoms with Gasteiger partial charge in [-0.25, -0.2) is 5.32 Å². The molecule has 2 aromatic rings. The smallest absolute Gasteiger partial charge is 0.267 e. The number of fused-ring (bicyclic) bond motifs is 3. The fourth-order valence-electron chi connectivity index (χ4n) is 2.48. The molecule has 1 amide bonds. The van der Waals surface area contributed by atoms with E-state index < -0.39 is 0 Å². The number of halogens is 1. The van der Waals surface area contributed by atoms with Crippen LogP contribution in [-0.4, -0.2) is 5.91 Å². The molecule has 1 aliphatic rings. The third-order valence-corrected chi connectivity index (χ3v) is 3.86. The molecule has 0 saturated carbocycles. The lowest BCUT2D eigenvalue weighted by molar-refractivity contribution is -0.114. The molecule has 0 spiro atoms. The van der Waals surface area contributed by atoms with E-state index in [0.29, 0.717) is 12.8 Å². The van der Waals surface area contributed by atoms with E-state index in [4.69, 9.17) is 5.26 Å². The van der Waals surface area contributed by atoms with Crippen molar-refractivity contribution >= 4 is 44.9 Å². The minimum atomic E-state index is -0.238. The highest BCUT2D eigenvalue weighted by Crippen LogP contribution is 2.20.